The van der Waals surface area contributed by atoms with Crippen molar-refractivity contribution >= 4 is 62.8 Å². The number of hydrogen-bond donors (Lipinski definition) is 2. The summed E-state index contributed by atoms with van der Waals surface area (Å²) in [7, 11) is -22.0. The van der Waals surface area contributed by atoms with Crippen LogP contribution in [0.2, 0.25) is 52.4 Å². The molecule has 0 atom stereocenters. The standard InChI is InChI=1S/C18H30O5Si4.C6H6.C2H6F2Si.5CH4.F4Si.FH.H2O/c1-24(2,19)21-26(5,6)23-27(22-25(3,4)20,17-13-9-7-10-14-17)18-15-11-8-12-16-18;1-2-4-6-5-3-1;1-5(2,3)4;;;;;;1-5(2,3)4;;/h7-16,19-20H,1-6H3;1-6H;1-2H3;5*1H4;;1H;1H2. The van der Waals surface area contributed by atoms with Crippen molar-refractivity contribution < 1.29 is 56.8 Å². The highest BCUT2D eigenvalue weighted by molar-refractivity contribution is 7.01. The van der Waals surface area contributed by atoms with Crippen molar-refractivity contribution in [1.82, 2.24) is 0 Å². The lowest BCUT2D eigenvalue weighted by molar-refractivity contribution is 0.286. The minimum absolute atomic E-state index is 0. The number of rotatable bonds is 8. The Kier molecular flexibility index (Phi) is 38.3. The minimum atomic E-state index is -6.61. The first kappa shape index (κ1) is 66.5. The van der Waals surface area contributed by atoms with Crippen LogP contribution in [0.3, 0.4) is 0 Å². The lowest BCUT2D eigenvalue weighted by Crippen LogP contribution is -2.71. The third-order valence-corrected chi connectivity index (χ3v) is 16.7. The fourth-order valence-corrected chi connectivity index (χ4v) is 18.4. The van der Waals surface area contributed by atoms with Gasteiger partial charge in [0.05, 0.1) is 0 Å². The molecule has 19 heteroatoms. The summed E-state index contributed by atoms with van der Waals surface area (Å²) in [6.07, 6.45) is 0. The largest absolute Gasteiger partial charge is 0.844 e. The Morgan fingerprint density at radius 2 is 0.640 bits per heavy atom. The van der Waals surface area contributed by atoms with Gasteiger partial charge in [0.15, 0.2) is 0 Å². The Balaban J connectivity index is -0.000000107. The van der Waals surface area contributed by atoms with Crippen LogP contribution in [-0.4, -0.2) is 67.5 Å². The van der Waals surface area contributed by atoms with Crippen LogP contribution in [0.25, 0.3) is 0 Å². The fourth-order valence-electron chi connectivity index (χ4n) is 3.44. The van der Waals surface area contributed by atoms with Gasteiger partial charge >= 0.3 is 52.4 Å². The van der Waals surface area contributed by atoms with Crippen molar-refractivity contribution in [3.63, 3.8) is 0 Å². The molecule has 50 heavy (non-hydrogen) atoms. The summed E-state index contributed by atoms with van der Waals surface area (Å²) in [4.78, 5) is 21.0. The second-order valence-electron chi connectivity index (χ2n) is 10.9. The number of hydrogen-bond acceptors (Lipinski definition) is 5. The highest BCUT2D eigenvalue weighted by Gasteiger charge is 2.52. The SMILES string of the molecule is C.C.C.C.C.C[Si](C)(F)F.C[Si](C)(O)O[Si](C)(C)O[Si](O[Si](C)(C)O)(c1ccccc1)c1ccccc1.F.F[Si](F)(F)F.O.c1ccccc1. The summed E-state index contributed by atoms with van der Waals surface area (Å²) in [5.41, 5.74) is 0. The van der Waals surface area contributed by atoms with E-state index in [9.17, 15) is 34.2 Å². The molecule has 0 aromatic heterocycles. The van der Waals surface area contributed by atoms with Crippen molar-refractivity contribution in [3.8, 4) is 0 Å². The zero-order valence-electron chi connectivity index (χ0n) is 26.5. The van der Waals surface area contributed by atoms with Crippen LogP contribution in [0.5, 0.6) is 0 Å². The lowest BCUT2D eigenvalue weighted by Gasteiger charge is -2.42. The van der Waals surface area contributed by atoms with Crippen LogP contribution in [0.15, 0.2) is 97.1 Å². The van der Waals surface area contributed by atoms with E-state index in [1.165, 1.54) is 0 Å². The van der Waals surface area contributed by atoms with Crippen LogP contribution in [0.1, 0.15) is 37.1 Å². The molecule has 3 aromatic carbocycles. The summed E-state index contributed by atoms with van der Waals surface area (Å²) < 4.78 is 80.8. The second kappa shape index (κ2) is 28.8. The molecule has 4 N–H and O–H groups in total. The summed E-state index contributed by atoms with van der Waals surface area (Å²) in [6, 6.07) is 31.6. The Labute approximate surface area is 305 Å². The van der Waals surface area contributed by atoms with Crippen molar-refractivity contribution in [3.05, 3.63) is 97.1 Å². The number of halogens is 7. The Morgan fingerprint density at radius 1 is 0.440 bits per heavy atom. The van der Waals surface area contributed by atoms with Crippen molar-refractivity contribution in [2.45, 2.75) is 89.5 Å². The van der Waals surface area contributed by atoms with E-state index in [1.807, 2.05) is 110 Å². The molecule has 0 radical (unpaired) electrons. The normalized spacial score (nSPS) is 10.7. The molecule has 3 rings (SSSR count). The number of benzene rings is 3. The molecule has 0 aliphatic rings. The van der Waals surface area contributed by atoms with Gasteiger partial charge in [-0.05, 0) is 62.7 Å². The van der Waals surface area contributed by atoms with Crippen LogP contribution in [0, 0.1) is 0 Å². The molecule has 0 unspecified atom stereocenters. The van der Waals surface area contributed by atoms with Crippen molar-refractivity contribution in [1.29, 1.82) is 0 Å². The van der Waals surface area contributed by atoms with E-state index < -0.39 is 52.4 Å². The van der Waals surface area contributed by atoms with Gasteiger partial charge in [0.25, 0.3) is 0 Å². The molecule has 0 heterocycles. The maximum atomic E-state index is 11.2. The van der Waals surface area contributed by atoms with Crippen LogP contribution >= 0.6 is 0 Å². The Morgan fingerprint density at radius 3 is 0.840 bits per heavy atom. The molecule has 0 spiro atoms. The first-order valence-electron chi connectivity index (χ1n) is 13.1. The average molecular weight is 835 g/mol. The monoisotopic (exact) mass is 834 g/mol. The molecule has 0 saturated heterocycles. The van der Waals surface area contributed by atoms with Gasteiger partial charge in [0.1, 0.15) is 0 Å². The molecule has 6 nitrogen and oxygen atoms in total. The summed E-state index contributed by atoms with van der Waals surface area (Å²) >= 11 is 0. The van der Waals surface area contributed by atoms with Gasteiger partial charge < -0.3 is 27.4 Å². The quantitative estimate of drug-likeness (QED) is 0.134. The van der Waals surface area contributed by atoms with Crippen LogP contribution in [-0.2, 0) is 12.3 Å². The van der Waals surface area contributed by atoms with E-state index in [2.05, 4.69) is 0 Å². The van der Waals surface area contributed by atoms with Gasteiger partial charge in [-0.15, -0.1) is 0 Å². The Bertz CT molecular complexity index is 1060. The van der Waals surface area contributed by atoms with E-state index in [0.29, 0.717) is 0 Å². The smallest absolute Gasteiger partial charge is 0.415 e. The predicted molar refractivity (Wildman–Crippen MR) is 214 cm³/mol. The maximum Gasteiger partial charge on any atom is 0.844 e. The third-order valence-electron chi connectivity index (χ3n) is 4.25. The van der Waals surface area contributed by atoms with Gasteiger partial charge in [0.2, 0.25) is 0 Å². The third kappa shape index (κ3) is 37.5. The highest BCUT2D eigenvalue weighted by atomic mass is 28.5. The van der Waals surface area contributed by atoms with Crippen LogP contribution in [0.4, 0.5) is 29.4 Å². The van der Waals surface area contributed by atoms with Gasteiger partial charge in [-0.25, -0.2) is 16.4 Å². The zero-order chi connectivity index (χ0) is 33.6. The van der Waals surface area contributed by atoms with E-state index in [0.717, 1.165) is 23.5 Å². The Hall–Kier alpha value is -1.77. The second-order valence-corrected chi connectivity index (χ2v) is 27.8. The van der Waals surface area contributed by atoms with Crippen molar-refractivity contribution in [2.24, 2.45) is 0 Å². The molecule has 0 aliphatic heterocycles. The molecular formula is C31H65F7O6Si6. The van der Waals surface area contributed by atoms with Gasteiger partial charge in [0, 0.05) is 0 Å². The summed E-state index contributed by atoms with van der Waals surface area (Å²) in [6.45, 7) is 12.8. The van der Waals surface area contributed by atoms with E-state index in [-0.39, 0.29) is 47.3 Å². The molecule has 0 bridgehead atoms. The molecule has 3 aromatic rings. The fraction of sp³-hybridized carbons (Fsp3) is 0.419. The molecule has 0 amide bonds. The zero-order valence-corrected chi connectivity index (χ0v) is 32.5. The molecule has 0 fully saturated rings. The first-order valence-corrected chi connectivity index (χ1v) is 27.7. The van der Waals surface area contributed by atoms with Crippen molar-refractivity contribution in [2.75, 3.05) is 0 Å². The lowest BCUT2D eigenvalue weighted by atomic mass is 10.4. The van der Waals surface area contributed by atoms with Gasteiger partial charge in [-0.3, -0.25) is 12.9 Å². The average Bonchev–Trinajstić information content (AvgIpc) is 2.81. The molecule has 0 saturated carbocycles. The maximum absolute atomic E-state index is 11.2. The van der Waals surface area contributed by atoms with E-state index in [1.54, 1.807) is 26.2 Å². The topological polar surface area (TPSA) is 99.7 Å². The molecule has 0 aliphatic carbocycles. The predicted octanol–water partition coefficient (Wildman–Crippen LogP) is 9.50. The van der Waals surface area contributed by atoms with Gasteiger partial charge in [-0.2, -0.15) is 0 Å². The van der Waals surface area contributed by atoms with E-state index >= 15 is 0 Å². The molecule has 298 valence electrons. The van der Waals surface area contributed by atoms with Gasteiger partial charge in [-0.1, -0.05) is 134 Å². The summed E-state index contributed by atoms with van der Waals surface area (Å²) in [5, 5.41) is 1.82. The summed E-state index contributed by atoms with van der Waals surface area (Å²) in [5.74, 6) is 0. The van der Waals surface area contributed by atoms with Crippen LogP contribution < -0.4 is 10.4 Å². The first-order chi connectivity index (χ1) is 19.3. The highest BCUT2D eigenvalue weighted by Crippen LogP contribution is 2.23. The molecular weight excluding hydrogens is 770 g/mol. The minimum Gasteiger partial charge on any atom is -0.415 e. The van der Waals surface area contributed by atoms with E-state index in [4.69, 9.17) is 12.3 Å².